The van der Waals surface area contributed by atoms with Crippen molar-refractivity contribution in [2.45, 2.75) is 78.7 Å². The monoisotopic (exact) mass is 422 g/mol. The van der Waals surface area contributed by atoms with Crippen LogP contribution in [-0.4, -0.2) is 12.1 Å². The fourth-order valence-corrected chi connectivity index (χ4v) is 6.91. The van der Waals surface area contributed by atoms with Crippen LogP contribution in [0, 0.1) is 35.0 Å². The molecule has 0 spiro atoms. The van der Waals surface area contributed by atoms with Gasteiger partial charge >= 0.3 is 5.97 Å². The first kappa shape index (κ1) is 20.2. The lowest BCUT2D eigenvalue weighted by molar-refractivity contribution is -0.140. The van der Waals surface area contributed by atoms with E-state index in [0.29, 0.717) is 22.8 Å². The normalized spacial score (nSPS) is 40.2. The molecule has 0 N–H and O–H groups in total. The molecule has 1 heterocycles. The van der Waals surface area contributed by atoms with Crippen LogP contribution in [-0.2, 0) is 9.53 Å². The topological polar surface area (TPSA) is 26.3 Å². The molecule has 3 heteroatoms. The minimum Gasteiger partial charge on any atom is -0.458 e. The average molecular weight is 423 g/mol. The number of hydrogen-bond donors (Lipinski definition) is 0. The molecule has 3 aliphatic rings. The van der Waals surface area contributed by atoms with E-state index in [2.05, 4.69) is 55.2 Å². The quantitative estimate of drug-likeness (QED) is 0.365. The van der Waals surface area contributed by atoms with Crippen LogP contribution in [0.4, 0.5) is 0 Å². The van der Waals surface area contributed by atoms with Crippen molar-refractivity contribution in [3.63, 3.8) is 0 Å². The summed E-state index contributed by atoms with van der Waals surface area (Å²) in [6.45, 7) is 13.4. The van der Waals surface area contributed by atoms with Gasteiger partial charge in [0.2, 0.25) is 0 Å². The first-order valence-corrected chi connectivity index (χ1v) is 11.4. The zero-order valence-corrected chi connectivity index (χ0v) is 18.5. The van der Waals surface area contributed by atoms with Gasteiger partial charge in [-0.1, -0.05) is 55.8 Å². The molecular weight excluding hydrogens is 388 g/mol. The summed E-state index contributed by atoms with van der Waals surface area (Å²) in [5.74, 6) is 2.64. The Labute approximate surface area is 168 Å². The lowest BCUT2D eigenvalue weighted by Gasteiger charge is -2.44. The number of carbonyl (C=O) groups excluding carboxylic acids is 1. The summed E-state index contributed by atoms with van der Waals surface area (Å²) in [6.07, 6.45) is 8.54. The Hall–Kier alpha value is -0.570. The van der Waals surface area contributed by atoms with Crippen molar-refractivity contribution in [1.29, 1.82) is 0 Å². The lowest BCUT2D eigenvalue weighted by Crippen LogP contribution is -2.37. The van der Waals surface area contributed by atoms with Gasteiger partial charge in [0.1, 0.15) is 6.10 Å². The third kappa shape index (κ3) is 3.57. The van der Waals surface area contributed by atoms with Gasteiger partial charge in [-0.05, 0) is 79.0 Å². The Kier molecular flexibility index (Phi) is 6.06. The third-order valence-corrected chi connectivity index (χ3v) is 8.20. The summed E-state index contributed by atoms with van der Waals surface area (Å²) in [6, 6.07) is 0. The second-order valence-electron chi connectivity index (χ2n) is 9.70. The van der Waals surface area contributed by atoms with E-state index >= 15 is 0 Å². The molecule has 6 atom stereocenters. The predicted molar refractivity (Wildman–Crippen MR) is 111 cm³/mol. The maximum absolute atomic E-state index is 12.1. The first-order valence-electron chi connectivity index (χ1n) is 10.5. The van der Waals surface area contributed by atoms with Gasteiger partial charge in [0.05, 0.1) is 0 Å². The number of halogens is 1. The number of cyclic esters (lactones) is 1. The van der Waals surface area contributed by atoms with E-state index < -0.39 is 0 Å². The molecule has 0 radical (unpaired) electrons. The SMILES string of the molecule is C=C1C(=O)O[C@@H](C[C@@H](C)[C@H]2CC[C@H]3C(=CBr)CCC[C@]23C)[C@@H]1CC(C)C. The number of carbonyl (C=O) groups is 1. The number of allylic oxidation sites excluding steroid dienone is 1. The number of fused-ring (bicyclic) bond motifs is 1. The van der Waals surface area contributed by atoms with E-state index in [0.717, 1.165) is 24.7 Å². The van der Waals surface area contributed by atoms with Gasteiger partial charge in [-0.2, -0.15) is 0 Å². The highest BCUT2D eigenvalue weighted by molar-refractivity contribution is 9.11. The van der Waals surface area contributed by atoms with Crippen LogP contribution in [0.3, 0.4) is 0 Å². The molecule has 26 heavy (non-hydrogen) atoms. The van der Waals surface area contributed by atoms with Gasteiger partial charge in [-0.3, -0.25) is 0 Å². The largest absolute Gasteiger partial charge is 0.458 e. The maximum Gasteiger partial charge on any atom is 0.334 e. The van der Waals surface area contributed by atoms with Gasteiger partial charge in [0.15, 0.2) is 0 Å². The number of rotatable bonds is 5. The fourth-order valence-electron chi connectivity index (χ4n) is 6.36. The Morgan fingerprint density at radius 1 is 1.31 bits per heavy atom. The van der Waals surface area contributed by atoms with E-state index in [-0.39, 0.29) is 18.0 Å². The van der Waals surface area contributed by atoms with Crippen LogP contribution in [0.5, 0.6) is 0 Å². The molecule has 146 valence electrons. The molecular formula is C23H35BrO2. The molecule has 0 bridgehead atoms. The number of ether oxygens (including phenoxy) is 1. The second kappa shape index (κ2) is 7.81. The zero-order chi connectivity index (χ0) is 19.1. The van der Waals surface area contributed by atoms with E-state index in [1.54, 1.807) is 5.57 Å². The minimum atomic E-state index is -0.162. The van der Waals surface area contributed by atoms with Crippen molar-refractivity contribution in [3.05, 3.63) is 22.7 Å². The predicted octanol–water partition coefficient (Wildman–Crippen LogP) is 6.65. The Morgan fingerprint density at radius 2 is 2.04 bits per heavy atom. The molecule has 1 aliphatic heterocycles. The van der Waals surface area contributed by atoms with Gasteiger partial charge < -0.3 is 4.74 Å². The van der Waals surface area contributed by atoms with Crippen molar-refractivity contribution >= 4 is 21.9 Å². The van der Waals surface area contributed by atoms with Gasteiger partial charge in [-0.15, -0.1) is 0 Å². The van der Waals surface area contributed by atoms with Crippen molar-refractivity contribution in [2.24, 2.45) is 35.0 Å². The smallest absolute Gasteiger partial charge is 0.334 e. The highest BCUT2D eigenvalue weighted by Crippen LogP contribution is 2.60. The molecule has 0 aromatic rings. The van der Waals surface area contributed by atoms with Crippen molar-refractivity contribution < 1.29 is 9.53 Å². The molecule has 2 nitrogen and oxygen atoms in total. The summed E-state index contributed by atoms with van der Waals surface area (Å²) < 4.78 is 5.77. The summed E-state index contributed by atoms with van der Waals surface area (Å²) in [5.41, 5.74) is 2.73. The van der Waals surface area contributed by atoms with E-state index in [4.69, 9.17) is 4.74 Å². The Balaban J connectivity index is 1.72. The first-order chi connectivity index (χ1) is 12.3. The third-order valence-electron chi connectivity index (χ3n) is 7.61. The van der Waals surface area contributed by atoms with Crippen LogP contribution in [0.2, 0.25) is 0 Å². The molecule has 2 aliphatic carbocycles. The zero-order valence-electron chi connectivity index (χ0n) is 16.9. The van der Waals surface area contributed by atoms with Gasteiger partial charge in [0.25, 0.3) is 0 Å². The summed E-state index contributed by atoms with van der Waals surface area (Å²) in [4.78, 5) is 14.3. The van der Waals surface area contributed by atoms with Crippen LogP contribution in [0.1, 0.15) is 72.6 Å². The van der Waals surface area contributed by atoms with E-state index in [1.165, 1.54) is 32.1 Å². The molecule has 0 unspecified atom stereocenters. The van der Waals surface area contributed by atoms with Crippen molar-refractivity contribution in [1.82, 2.24) is 0 Å². The van der Waals surface area contributed by atoms with Crippen LogP contribution in [0.25, 0.3) is 0 Å². The van der Waals surface area contributed by atoms with Crippen molar-refractivity contribution in [3.8, 4) is 0 Å². The Bertz CT molecular complexity index is 593. The minimum absolute atomic E-state index is 0.0322. The molecule has 0 aromatic carbocycles. The maximum atomic E-state index is 12.1. The average Bonchev–Trinajstić information content (AvgIpc) is 3.06. The molecule has 3 rings (SSSR count). The van der Waals surface area contributed by atoms with Gasteiger partial charge in [-0.25, -0.2) is 4.79 Å². The van der Waals surface area contributed by atoms with E-state index in [1.807, 2.05) is 0 Å². The Morgan fingerprint density at radius 3 is 2.69 bits per heavy atom. The fraction of sp³-hybridized carbons (Fsp3) is 0.783. The van der Waals surface area contributed by atoms with Crippen LogP contribution >= 0.6 is 15.9 Å². The summed E-state index contributed by atoms with van der Waals surface area (Å²) >= 11 is 3.61. The van der Waals surface area contributed by atoms with Crippen molar-refractivity contribution in [2.75, 3.05) is 0 Å². The molecule has 3 fully saturated rings. The second-order valence-corrected chi connectivity index (χ2v) is 10.2. The van der Waals surface area contributed by atoms with Gasteiger partial charge in [0, 0.05) is 11.5 Å². The lowest BCUT2D eigenvalue weighted by atomic mass is 9.61. The number of hydrogen-bond acceptors (Lipinski definition) is 2. The summed E-state index contributed by atoms with van der Waals surface area (Å²) in [5, 5.41) is 0. The highest BCUT2D eigenvalue weighted by Gasteiger charge is 2.51. The van der Waals surface area contributed by atoms with Crippen LogP contribution in [0.15, 0.2) is 22.7 Å². The van der Waals surface area contributed by atoms with E-state index in [9.17, 15) is 4.79 Å². The molecule has 0 aromatic heterocycles. The molecule has 1 saturated heterocycles. The van der Waals surface area contributed by atoms with Crippen LogP contribution < -0.4 is 0 Å². The number of esters is 1. The molecule has 2 saturated carbocycles. The molecule has 0 amide bonds. The highest BCUT2D eigenvalue weighted by atomic mass is 79.9. The standard InChI is InChI=1S/C23H35BrO2/c1-14(2)11-18-16(4)22(25)26-21(18)12-15(3)19-8-9-20-17(13-24)7-6-10-23(19,20)5/h13-15,18-21H,4,6-12H2,1-3,5H3/t15-,18-,19-,20+,21+,23-/m1/s1. The summed E-state index contributed by atoms with van der Waals surface area (Å²) in [7, 11) is 0.